The predicted molar refractivity (Wildman–Crippen MR) is 145 cm³/mol. The first-order valence-corrected chi connectivity index (χ1v) is 13.9. The Hall–Kier alpha value is -3.05. The van der Waals surface area contributed by atoms with Gasteiger partial charge in [0.05, 0.1) is 25.9 Å². The number of aliphatic hydroxyl groups excluding tert-OH is 5. The van der Waals surface area contributed by atoms with Crippen LogP contribution < -0.4 is 4.74 Å². The third-order valence-corrected chi connectivity index (χ3v) is 8.27. The maximum Gasteiger partial charge on any atom is 0.229 e. The van der Waals surface area contributed by atoms with Gasteiger partial charge in [-0.3, -0.25) is 4.79 Å². The van der Waals surface area contributed by atoms with Gasteiger partial charge in [0, 0.05) is 19.0 Å². The van der Waals surface area contributed by atoms with Gasteiger partial charge in [-0.2, -0.15) is 0 Å². The molecular weight excluding hydrogens is 570 g/mol. The van der Waals surface area contributed by atoms with Crippen molar-refractivity contribution in [3.63, 3.8) is 0 Å². The number of amides is 1. The molecule has 1 amide bonds. The highest BCUT2D eigenvalue weighted by atomic mass is 16.7. The van der Waals surface area contributed by atoms with Crippen molar-refractivity contribution in [2.75, 3.05) is 26.4 Å². The van der Waals surface area contributed by atoms with E-state index in [-0.39, 0.29) is 23.2 Å². The number of benzene rings is 2. The third-order valence-electron chi connectivity index (χ3n) is 8.27. The van der Waals surface area contributed by atoms with Gasteiger partial charge in [0.15, 0.2) is 17.8 Å². The Kier molecular flexibility index (Phi) is 9.13. The number of aliphatic hydroxyl groups is 6. The van der Waals surface area contributed by atoms with Gasteiger partial charge >= 0.3 is 0 Å². The van der Waals surface area contributed by atoms with Crippen molar-refractivity contribution >= 4 is 5.91 Å². The van der Waals surface area contributed by atoms with Gasteiger partial charge in [-0.15, -0.1) is 0 Å². The van der Waals surface area contributed by atoms with Crippen molar-refractivity contribution in [1.82, 2.24) is 4.90 Å². The summed E-state index contributed by atoms with van der Waals surface area (Å²) in [5.41, 5.74) is 0.116. The molecule has 8 N–H and O–H groups in total. The topological polar surface area (TPSA) is 219 Å². The van der Waals surface area contributed by atoms with Crippen LogP contribution in [0.15, 0.2) is 36.4 Å². The minimum Gasteiger partial charge on any atom is -0.508 e. The Morgan fingerprint density at radius 3 is 2.40 bits per heavy atom. The molecule has 2 aromatic carbocycles. The molecule has 2 aromatic rings. The minimum absolute atomic E-state index is 0.0814. The molecule has 3 aliphatic rings. The van der Waals surface area contributed by atoms with E-state index in [1.807, 2.05) is 0 Å². The van der Waals surface area contributed by atoms with Crippen LogP contribution in [0.5, 0.6) is 17.2 Å². The van der Waals surface area contributed by atoms with E-state index >= 15 is 0 Å². The molecule has 0 aromatic heterocycles. The van der Waals surface area contributed by atoms with Crippen molar-refractivity contribution in [3.8, 4) is 17.2 Å². The molecule has 14 heteroatoms. The first kappa shape index (κ1) is 31.4. The molecule has 14 nitrogen and oxygen atoms in total. The van der Waals surface area contributed by atoms with E-state index in [2.05, 4.69) is 0 Å². The summed E-state index contributed by atoms with van der Waals surface area (Å²) in [5.74, 6) is -0.520. The van der Waals surface area contributed by atoms with Gasteiger partial charge in [0.2, 0.25) is 12.2 Å². The highest BCUT2D eigenvalue weighted by Crippen LogP contribution is 2.44. The number of nitrogens with zero attached hydrogens (tertiary/aromatic N) is 1. The number of phenols is 2. The fourth-order valence-corrected chi connectivity index (χ4v) is 5.73. The van der Waals surface area contributed by atoms with E-state index < -0.39 is 74.6 Å². The van der Waals surface area contributed by atoms with E-state index in [9.17, 15) is 45.6 Å². The molecule has 0 spiro atoms. The normalized spacial score (nSPS) is 34.2. The summed E-state index contributed by atoms with van der Waals surface area (Å²) in [5, 5.41) is 82.4. The number of hydrogen-bond acceptors (Lipinski definition) is 13. The molecule has 5 rings (SSSR count). The van der Waals surface area contributed by atoms with E-state index in [1.54, 1.807) is 23.1 Å². The molecule has 43 heavy (non-hydrogen) atoms. The Labute approximate surface area is 246 Å². The summed E-state index contributed by atoms with van der Waals surface area (Å²) in [6.45, 7) is 0.173. The van der Waals surface area contributed by atoms with Crippen LogP contribution in [-0.2, 0) is 31.8 Å². The van der Waals surface area contributed by atoms with Crippen LogP contribution in [0.3, 0.4) is 0 Å². The molecule has 0 saturated carbocycles. The number of ether oxygens (including phenoxy) is 4. The molecule has 2 fully saturated rings. The van der Waals surface area contributed by atoms with Crippen LogP contribution >= 0.6 is 0 Å². The molecule has 0 radical (unpaired) electrons. The number of hydrogen-bond donors (Lipinski definition) is 8. The molecule has 3 aliphatic heterocycles. The summed E-state index contributed by atoms with van der Waals surface area (Å²) in [4.78, 5) is 14.3. The Morgan fingerprint density at radius 2 is 1.74 bits per heavy atom. The lowest BCUT2D eigenvalue weighted by molar-refractivity contribution is -0.289. The second-order valence-corrected chi connectivity index (χ2v) is 11.2. The Morgan fingerprint density at radius 1 is 1.02 bits per heavy atom. The van der Waals surface area contributed by atoms with Crippen molar-refractivity contribution in [1.29, 1.82) is 0 Å². The molecular formula is C29H37NO13. The summed E-state index contributed by atoms with van der Waals surface area (Å²) < 4.78 is 22.5. The van der Waals surface area contributed by atoms with E-state index in [4.69, 9.17) is 18.9 Å². The van der Waals surface area contributed by atoms with Crippen molar-refractivity contribution in [2.45, 2.75) is 74.5 Å². The zero-order valence-corrected chi connectivity index (χ0v) is 23.4. The van der Waals surface area contributed by atoms with E-state index in [1.165, 1.54) is 25.1 Å². The number of carbonyl (C=O) groups is 1. The quantitative estimate of drug-likeness (QED) is 0.170. The summed E-state index contributed by atoms with van der Waals surface area (Å²) in [7, 11) is 0. The number of aromatic hydroxyl groups is 2. The largest absolute Gasteiger partial charge is 0.508 e. The summed E-state index contributed by atoms with van der Waals surface area (Å²) in [6, 6.07) is 9.01. The first-order chi connectivity index (χ1) is 20.4. The molecule has 236 valence electrons. The Bertz CT molecular complexity index is 1290. The van der Waals surface area contributed by atoms with Crippen LogP contribution in [0, 0.1) is 0 Å². The van der Waals surface area contributed by atoms with Crippen LogP contribution in [0.1, 0.15) is 29.7 Å². The average Bonchev–Trinajstić information content (AvgIpc) is 3.28. The van der Waals surface area contributed by atoms with Crippen LogP contribution in [0.2, 0.25) is 0 Å². The molecule has 3 heterocycles. The number of rotatable bonds is 8. The van der Waals surface area contributed by atoms with Gasteiger partial charge in [0.25, 0.3) is 0 Å². The lowest BCUT2D eigenvalue weighted by Gasteiger charge is -2.42. The van der Waals surface area contributed by atoms with E-state index in [0.717, 1.165) is 11.1 Å². The van der Waals surface area contributed by atoms with Crippen molar-refractivity contribution in [3.05, 3.63) is 53.1 Å². The lowest BCUT2D eigenvalue weighted by Crippen LogP contribution is -2.60. The van der Waals surface area contributed by atoms with Gasteiger partial charge in [-0.1, -0.05) is 18.2 Å². The second kappa shape index (κ2) is 12.5. The van der Waals surface area contributed by atoms with Crippen LogP contribution in [0.4, 0.5) is 0 Å². The predicted octanol–water partition coefficient (Wildman–Crippen LogP) is -1.57. The maximum atomic E-state index is 12.7. The molecule has 9 atom stereocenters. The minimum atomic E-state index is -1.94. The van der Waals surface area contributed by atoms with Gasteiger partial charge in [0.1, 0.15) is 41.9 Å². The molecule has 0 bridgehead atoms. The maximum absolute atomic E-state index is 12.7. The third kappa shape index (κ3) is 6.16. The van der Waals surface area contributed by atoms with Crippen LogP contribution in [-0.4, -0.2) is 127 Å². The monoisotopic (exact) mass is 607 g/mol. The standard InChI is InChI=1S/C29H37NO13/c1-14(32)30-9-8-16-4-7-19(34)25(21(16)18(30)10-15-2-5-17(33)6-3-15)43-27-24(37)23(36)22(35)20(42-27)11-40-28-26(38)29(39,12-31)13-41-28/h2-7,18,20,22-24,26-28,31,33-39H,8-13H2,1H3/t18-,20-,22+,23+,24+,26-,27-,28+,29-/m0/s1. The van der Waals surface area contributed by atoms with E-state index in [0.29, 0.717) is 24.9 Å². The van der Waals surface area contributed by atoms with Gasteiger partial charge < -0.3 is 64.7 Å². The number of fused-ring (bicyclic) bond motifs is 1. The molecule has 0 unspecified atom stereocenters. The highest BCUT2D eigenvalue weighted by molar-refractivity contribution is 5.75. The fourth-order valence-electron chi connectivity index (χ4n) is 5.73. The SMILES string of the molecule is CC(=O)N1CCc2ccc(O)c(O[C@@H]3O[C@@H](CO[C@@H]4OC[C@@](O)(CO)[C@H]4O)[C@@H](O)[C@@H](O)[C@H]3O)c2[C@@H]1Cc1ccc(O)cc1. The zero-order valence-electron chi connectivity index (χ0n) is 23.4. The second-order valence-electron chi connectivity index (χ2n) is 11.2. The highest BCUT2D eigenvalue weighted by Gasteiger charge is 2.50. The molecule has 0 aliphatic carbocycles. The number of phenolic OH excluding ortho intramolecular Hbond substituents is 2. The van der Waals surface area contributed by atoms with Crippen molar-refractivity contribution < 1.29 is 64.6 Å². The molecule has 2 saturated heterocycles. The number of carbonyl (C=O) groups excluding carboxylic acids is 1. The fraction of sp³-hybridized carbons (Fsp3) is 0.552. The lowest BCUT2D eigenvalue weighted by atomic mass is 9.87. The summed E-state index contributed by atoms with van der Waals surface area (Å²) in [6.07, 6.45) is -10.3. The summed E-state index contributed by atoms with van der Waals surface area (Å²) >= 11 is 0. The average molecular weight is 608 g/mol. The van der Waals surface area contributed by atoms with Gasteiger partial charge in [-0.05, 0) is 42.2 Å². The van der Waals surface area contributed by atoms with Gasteiger partial charge in [-0.25, -0.2) is 0 Å². The van der Waals surface area contributed by atoms with Crippen LogP contribution in [0.25, 0.3) is 0 Å². The zero-order chi connectivity index (χ0) is 31.1. The Balaban J connectivity index is 1.40. The van der Waals surface area contributed by atoms with Crippen molar-refractivity contribution in [2.24, 2.45) is 0 Å². The smallest absolute Gasteiger partial charge is 0.229 e. The first-order valence-electron chi connectivity index (χ1n) is 13.9.